The lowest BCUT2D eigenvalue weighted by atomic mass is 9.91. The molecule has 0 fully saturated rings. The summed E-state index contributed by atoms with van der Waals surface area (Å²) in [6, 6.07) is 97.6. The zero-order valence-electron chi connectivity index (χ0n) is 37.3. The molecule has 1 heterocycles. The van der Waals surface area contributed by atoms with Crippen LogP contribution in [0.5, 0.6) is 0 Å². The second-order valence-electron chi connectivity index (χ2n) is 17.6. The molecular weight excluding hydrogens is 821 g/mol. The molecule has 0 spiro atoms. The van der Waals surface area contributed by atoms with Gasteiger partial charge in [-0.25, -0.2) is 0 Å². The highest BCUT2D eigenvalue weighted by molar-refractivity contribution is 6.14. The van der Waals surface area contributed by atoms with E-state index >= 15 is 0 Å². The Labute approximate surface area is 395 Å². The number of para-hydroxylation sites is 3. The Bertz CT molecular complexity index is 3950. The van der Waals surface area contributed by atoms with Gasteiger partial charge < -0.3 is 9.47 Å². The van der Waals surface area contributed by atoms with Gasteiger partial charge >= 0.3 is 0 Å². The molecule has 0 atom stereocenters. The topological polar surface area (TPSA) is 8.17 Å². The minimum absolute atomic E-state index is 1.07. The molecule has 0 aliphatic heterocycles. The second kappa shape index (κ2) is 16.5. The third-order valence-corrected chi connectivity index (χ3v) is 13.8. The number of rotatable bonds is 8. The van der Waals surface area contributed by atoms with E-state index in [0.29, 0.717) is 0 Å². The van der Waals surface area contributed by atoms with Gasteiger partial charge in [-0.1, -0.05) is 212 Å². The van der Waals surface area contributed by atoms with E-state index in [0.717, 1.165) is 45.0 Å². The van der Waals surface area contributed by atoms with Crippen molar-refractivity contribution in [3.05, 3.63) is 267 Å². The zero-order chi connectivity index (χ0) is 45.0. The number of aromatic nitrogens is 1. The van der Waals surface area contributed by atoms with Gasteiger partial charge in [0.15, 0.2) is 0 Å². The molecule has 0 aliphatic rings. The van der Waals surface area contributed by atoms with Crippen LogP contribution in [-0.2, 0) is 0 Å². The Kier molecular flexibility index (Phi) is 9.54. The minimum atomic E-state index is 1.07. The molecule has 2 nitrogen and oxygen atoms in total. The Morgan fingerprint density at radius 2 is 0.735 bits per heavy atom. The molecule has 0 amide bonds. The highest BCUT2D eigenvalue weighted by atomic mass is 15.1. The first-order valence-corrected chi connectivity index (χ1v) is 23.4. The number of hydrogen-bond acceptors (Lipinski definition) is 1. The van der Waals surface area contributed by atoms with Crippen LogP contribution in [0, 0.1) is 0 Å². The van der Waals surface area contributed by atoms with E-state index < -0.39 is 0 Å². The van der Waals surface area contributed by atoms with Gasteiger partial charge in [0, 0.05) is 33.3 Å². The van der Waals surface area contributed by atoms with E-state index in [4.69, 9.17) is 0 Å². The van der Waals surface area contributed by atoms with Gasteiger partial charge in [-0.3, -0.25) is 0 Å². The minimum Gasteiger partial charge on any atom is -0.310 e. The standard InChI is InChI=1S/C66H44N2/c1-2-17-46(18-3-1)57-42-37-50(62-43-49-20-5-7-23-55(49)58-25-8-9-26-59(58)62)44-66(57)67(51-38-33-47(34-39-51)54-29-16-21-45-19-4-6-22-53(45)54)52-40-35-48(36-41-52)56-24-10-13-30-63(56)68-64-31-14-11-27-60(64)61-28-12-15-32-65(61)68/h1-44H. The van der Waals surface area contributed by atoms with Crippen LogP contribution in [-0.4, -0.2) is 4.57 Å². The fraction of sp³-hybridized carbons (Fsp3) is 0. The highest BCUT2D eigenvalue weighted by Gasteiger charge is 2.21. The van der Waals surface area contributed by atoms with Crippen molar-refractivity contribution in [3.8, 4) is 50.2 Å². The second-order valence-corrected chi connectivity index (χ2v) is 17.6. The molecule has 2 heteroatoms. The molecule has 13 rings (SSSR count). The summed E-state index contributed by atoms with van der Waals surface area (Å²) in [5, 5.41) is 9.98. The number of nitrogens with zero attached hydrogens (tertiary/aromatic N) is 2. The summed E-state index contributed by atoms with van der Waals surface area (Å²) < 4.78 is 2.42. The van der Waals surface area contributed by atoms with Crippen LogP contribution in [0.1, 0.15) is 0 Å². The van der Waals surface area contributed by atoms with E-state index in [-0.39, 0.29) is 0 Å². The van der Waals surface area contributed by atoms with Crippen molar-refractivity contribution in [2.75, 3.05) is 4.90 Å². The van der Waals surface area contributed by atoms with E-state index in [2.05, 4.69) is 276 Å². The first kappa shape index (κ1) is 39.4. The largest absolute Gasteiger partial charge is 0.310 e. The molecular formula is C66H44N2. The molecule has 0 bridgehead atoms. The van der Waals surface area contributed by atoms with Gasteiger partial charge in [0.2, 0.25) is 0 Å². The van der Waals surface area contributed by atoms with Gasteiger partial charge in [0.05, 0.1) is 22.4 Å². The first-order chi connectivity index (χ1) is 33.7. The van der Waals surface area contributed by atoms with Crippen LogP contribution in [0.4, 0.5) is 17.1 Å². The molecule has 0 unspecified atom stereocenters. The summed E-state index contributed by atoms with van der Waals surface area (Å²) in [4.78, 5) is 2.45. The summed E-state index contributed by atoms with van der Waals surface area (Å²) >= 11 is 0. The number of fused-ring (bicyclic) bond motifs is 7. The predicted octanol–water partition coefficient (Wildman–Crippen LogP) is 18.4. The summed E-state index contributed by atoms with van der Waals surface area (Å²) in [7, 11) is 0. The van der Waals surface area contributed by atoms with Gasteiger partial charge in [-0.05, 0) is 120 Å². The third-order valence-electron chi connectivity index (χ3n) is 13.8. The molecule has 0 saturated heterocycles. The lowest BCUT2D eigenvalue weighted by Crippen LogP contribution is -2.11. The van der Waals surface area contributed by atoms with Gasteiger partial charge in [-0.2, -0.15) is 0 Å². The fourth-order valence-electron chi connectivity index (χ4n) is 10.6. The lowest BCUT2D eigenvalue weighted by Gasteiger charge is -2.29. The molecule has 0 saturated carbocycles. The van der Waals surface area contributed by atoms with Crippen LogP contribution in [0.2, 0.25) is 0 Å². The maximum atomic E-state index is 2.45. The summed E-state index contributed by atoms with van der Waals surface area (Å²) in [5.41, 5.74) is 16.2. The number of hydrogen-bond donors (Lipinski definition) is 0. The summed E-state index contributed by atoms with van der Waals surface area (Å²) in [6.45, 7) is 0. The van der Waals surface area contributed by atoms with E-state index in [9.17, 15) is 0 Å². The fourth-order valence-corrected chi connectivity index (χ4v) is 10.6. The Morgan fingerprint density at radius 3 is 1.44 bits per heavy atom. The quantitative estimate of drug-likeness (QED) is 0.138. The third kappa shape index (κ3) is 6.65. The van der Waals surface area contributed by atoms with Crippen molar-refractivity contribution in [2.24, 2.45) is 0 Å². The monoisotopic (exact) mass is 864 g/mol. The Balaban J connectivity index is 1.01. The normalized spacial score (nSPS) is 11.5. The average molecular weight is 865 g/mol. The zero-order valence-corrected chi connectivity index (χ0v) is 37.3. The smallest absolute Gasteiger partial charge is 0.0546 e. The molecule has 12 aromatic carbocycles. The van der Waals surface area contributed by atoms with Crippen molar-refractivity contribution in [1.29, 1.82) is 0 Å². The highest BCUT2D eigenvalue weighted by Crippen LogP contribution is 2.46. The van der Waals surface area contributed by atoms with Crippen LogP contribution >= 0.6 is 0 Å². The molecule has 1 aromatic heterocycles. The van der Waals surface area contributed by atoms with Crippen LogP contribution < -0.4 is 4.90 Å². The van der Waals surface area contributed by atoms with Crippen LogP contribution in [0.25, 0.3) is 104 Å². The van der Waals surface area contributed by atoms with Crippen molar-refractivity contribution in [2.45, 2.75) is 0 Å². The van der Waals surface area contributed by atoms with Crippen LogP contribution in [0.15, 0.2) is 267 Å². The van der Waals surface area contributed by atoms with Crippen molar-refractivity contribution in [1.82, 2.24) is 4.57 Å². The molecule has 68 heavy (non-hydrogen) atoms. The molecule has 318 valence electrons. The van der Waals surface area contributed by atoms with E-state index in [1.165, 1.54) is 76.4 Å². The molecule has 0 N–H and O–H groups in total. The summed E-state index contributed by atoms with van der Waals surface area (Å²) in [6.07, 6.45) is 0. The molecule has 0 aliphatic carbocycles. The maximum absolute atomic E-state index is 2.45. The van der Waals surface area contributed by atoms with Crippen molar-refractivity contribution >= 4 is 71.2 Å². The Morgan fingerprint density at radius 1 is 0.250 bits per heavy atom. The maximum Gasteiger partial charge on any atom is 0.0546 e. The Hall–Kier alpha value is -8.98. The van der Waals surface area contributed by atoms with Gasteiger partial charge in [0.1, 0.15) is 0 Å². The predicted molar refractivity (Wildman–Crippen MR) is 290 cm³/mol. The molecule has 0 radical (unpaired) electrons. The van der Waals surface area contributed by atoms with E-state index in [1.807, 2.05) is 0 Å². The first-order valence-electron chi connectivity index (χ1n) is 23.4. The average Bonchev–Trinajstić information content (AvgIpc) is 3.75. The van der Waals surface area contributed by atoms with Crippen molar-refractivity contribution < 1.29 is 0 Å². The SMILES string of the molecule is c1ccc(-c2ccc(-c3cc4ccccc4c4ccccc34)cc2N(c2ccc(-c3ccccc3-n3c4ccccc4c4ccccc43)cc2)c2ccc(-c3cccc4ccccc34)cc2)cc1. The van der Waals surface area contributed by atoms with Gasteiger partial charge in [-0.15, -0.1) is 0 Å². The van der Waals surface area contributed by atoms with Gasteiger partial charge in [0.25, 0.3) is 0 Å². The molecule has 13 aromatic rings. The lowest BCUT2D eigenvalue weighted by molar-refractivity contribution is 1.18. The number of anilines is 3. The van der Waals surface area contributed by atoms with Crippen LogP contribution in [0.3, 0.4) is 0 Å². The van der Waals surface area contributed by atoms with Crippen molar-refractivity contribution in [3.63, 3.8) is 0 Å². The van der Waals surface area contributed by atoms with E-state index in [1.54, 1.807) is 0 Å². The summed E-state index contributed by atoms with van der Waals surface area (Å²) in [5.74, 6) is 0. The number of benzene rings is 12.